The first-order chi connectivity index (χ1) is 22.9. The molecule has 7 rings (SSSR count). The maximum Gasteiger partial charge on any atom is 0.309 e. The molecule has 2 aromatic carbocycles. The number of carbonyl (C=O) groups excluding carboxylic acids is 1. The predicted octanol–water partition coefficient (Wildman–Crippen LogP) is 6.04. The number of nitrogens with zero attached hydrogens (tertiary/aromatic N) is 4. The number of piperidine rings is 1. The molecule has 1 unspecified atom stereocenters. The quantitative estimate of drug-likeness (QED) is 0.245. The molecular weight excluding hydrogens is 609 g/mol. The summed E-state index contributed by atoms with van der Waals surface area (Å²) in [6, 6.07) is 25.2. The van der Waals surface area contributed by atoms with Gasteiger partial charge in [0, 0.05) is 43.4 Å². The van der Waals surface area contributed by atoms with E-state index in [2.05, 4.69) is 33.0 Å². The maximum absolute atomic E-state index is 12.9. The molecular formula is C38H44N4O4S. The van der Waals surface area contributed by atoms with Gasteiger partial charge in [0.05, 0.1) is 22.3 Å². The number of likely N-dealkylation sites (tertiary alicyclic amines) is 1. The lowest BCUT2D eigenvalue weighted by atomic mass is 9.59. The second-order valence-electron chi connectivity index (χ2n) is 14.0. The monoisotopic (exact) mass is 652 g/mol. The van der Waals surface area contributed by atoms with Crippen LogP contribution in [0.5, 0.6) is 0 Å². The van der Waals surface area contributed by atoms with Crippen molar-refractivity contribution in [1.29, 1.82) is 5.26 Å². The third-order valence-electron chi connectivity index (χ3n) is 11.3. The molecule has 2 aliphatic carbocycles. The van der Waals surface area contributed by atoms with E-state index >= 15 is 0 Å². The van der Waals surface area contributed by atoms with E-state index in [9.17, 15) is 18.5 Å². The number of rotatable bonds is 10. The lowest BCUT2D eigenvalue weighted by Crippen LogP contribution is -2.54. The topological polar surface area (TPSA) is 104 Å². The van der Waals surface area contributed by atoms with Crippen molar-refractivity contribution in [2.24, 2.45) is 23.7 Å². The minimum absolute atomic E-state index is 0.0148. The highest BCUT2D eigenvalue weighted by Gasteiger charge is 2.53. The molecule has 1 aromatic heterocycles. The zero-order valence-corrected chi connectivity index (χ0v) is 27.7. The minimum atomic E-state index is -3.63. The first-order valence-corrected chi connectivity index (χ1v) is 18.8. The first-order valence-electron chi connectivity index (χ1n) is 17.3. The molecule has 2 saturated carbocycles. The minimum Gasteiger partial charge on any atom is -0.462 e. The Bertz CT molecular complexity index is 1680. The third kappa shape index (κ3) is 6.18. The average Bonchev–Trinajstić information content (AvgIpc) is 3.52. The van der Waals surface area contributed by atoms with Crippen LogP contribution in [-0.2, 0) is 24.8 Å². The molecule has 2 saturated heterocycles. The number of benzene rings is 2. The molecule has 2 aliphatic heterocycles. The number of ether oxygens (including phenoxy) is 1. The van der Waals surface area contributed by atoms with Crippen LogP contribution in [-0.4, -0.2) is 63.1 Å². The number of anilines is 1. The van der Waals surface area contributed by atoms with E-state index in [1.165, 1.54) is 12.3 Å². The van der Waals surface area contributed by atoms with E-state index < -0.39 is 15.3 Å². The van der Waals surface area contributed by atoms with E-state index in [0.29, 0.717) is 5.92 Å². The number of hydrogen-bond acceptors (Lipinski definition) is 8. The van der Waals surface area contributed by atoms with Crippen LogP contribution >= 0.6 is 0 Å². The van der Waals surface area contributed by atoms with E-state index in [4.69, 9.17) is 4.74 Å². The van der Waals surface area contributed by atoms with E-state index in [1.807, 2.05) is 30.3 Å². The smallest absolute Gasteiger partial charge is 0.309 e. The van der Waals surface area contributed by atoms with Gasteiger partial charge in [0.25, 0.3) is 0 Å². The summed E-state index contributed by atoms with van der Waals surface area (Å²) in [5.74, 6) is 0.757. The van der Waals surface area contributed by atoms with Gasteiger partial charge in [-0.3, -0.25) is 4.79 Å². The van der Waals surface area contributed by atoms with E-state index in [0.717, 1.165) is 95.3 Å². The number of aromatic nitrogens is 1. The highest BCUT2D eigenvalue weighted by molar-refractivity contribution is 7.91. The van der Waals surface area contributed by atoms with Crippen LogP contribution in [0.15, 0.2) is 88.9 Å². The lowest BCUT2D eigenvalue weighted by molar-refractivity contribution is -0.160. The molecule has 0 radical (unpaired) electrons. The van der Waals surface area contributed by atoms with Gasteiger partial charge < -0.3 is 14.5 Å². The Kier molecular flexibility index (Phi) is 9.08. The standard InChI is InChI=1S/C38H44N4O4S/c39-27-38(30-10-2-1-3-11-30,34-12-7-13-35(34)46-37(43)29-8-6-9-29)31-19-22-41(23-20-31)24-28-25-42(26-28)32-15-17-33(18-16-32)47(44,45)36-14-4-5-21-40-36/h1-5,10-11,14-18,21,28-29,31,34-35H,6-9,12-13,19-20,22-26H2/t34-,35-,38?/m0/s1. The maximum atomic E-state index is 12.9. The lowest BCUT2D eigenvalue weighted by Gasteiger charge is -2.48. The van der Waals surface area contributed by atoms with Crippen LogP contribution in [0, 0.1) is 35.0 Å². The highest BCUT2D eigenvalue weighted by atomic mass is 32.2. The molecule has 246 valence electrons. The molecule has 0 amide bonds. The van der Waals surface area contributed by atoms with Crippen molar-refractivity contribution in [2.75, 3.05) is 37.6 Å². The number of nitriles is 1. The van der Waals surface area contributed by atoms with Crippen molar-refractivity contribution in [1.82, 2.24) is 9.88 Å². The summed E-state index contributed by atoms with van der Waals surface area (Å²) in [4.78, 5) is 22.0. The third-order valence-corrected chi connectivity index (χ3v) is 13.0. The molecule has 3 aromatic rings. The zero-order valence-electron chi connectivity index (χ0n) is 26.9. The average molecular weight is 653 g/mol. The fourth-order valence-electron chi connectivity index (χ4n) is 8.48. The Morgan fingerprint density at radius 1 is 0.894 bits per heavy atom. The van der Waals surface area contributed by atoms with Crippen molar-refractivity contribution in [3.63, 3.8) is 0 Å². The Morgan fingerprint density at radius 2 is 1.60 bits per heavy atom. The van der Waals surface area contributed by atoms with Gasteiger partial charge in [-0.25, -0.2) is 13.4 Å². The number of esters is 1. The summed E-state index contributed by atoms with van der Waals surface area (Å²) in [5, 5.41) is 11.1. The summed E-state index contributed by atoms with van der Waals surface area (Å²) in [6.45, 7) is 4.81. The van der Waals surface area contributed by atoms with Crippen LogP contribution in [0.4, 0.5) is 5.69 Å². The zero-order chi connectivity index (χ0) is 32.4. The Morgan fingerprint density at radius 3 is 2.23 bits per heavy atom. The second-order valence-corrected chi connectivity index (χ2v) is 15.9. The fourth-order valence-corrected chi connectivity index (χ4v) is 9.67. The first kappa shape index (κ1) is 31.8. The SMILES string of the molecule is N#CC(c1ccccc1)(C1CCN(CC2CN(c3ccc(S(=O)(=O)c4ccccn4)cc3)C2)CC1)[C@H]1CCC[C@@H]1OC(=O)C1CCC1. The largest absolute Gasteiger partial charge is 0.462 e. The summed E-state index contributed by atoms with van der Waals surface area (Å²) in [5.41, 5.74) is 1.44. The highest BCUT2D eigenvalue weighted by Crippen LogP contribution is 2.51. The van der Waals surface area contributed by atoms with Gasteiger partial charge in [-0.15, -0.1) is 0 Å². The molecule has 4 aliphatic rings. The van der Waals surface area contributed by atoms with Gasteiger partial charge in [0.1, 0.15) is 6.10 Å². The molecule has 9 heteroatoms. The van der Waals surface area contributed by atoms with Crippen molar-refractivity contribution in [3.05, 3.63) is 84.6 Å². The molecule has 8 nitrogen and oxygen atoms in total. The summed E-state index contributed by atoms with van der Waals surface area (Å²) in [6.07, 6.45) is 8.92. The number of carbonyl (C=O) groups is 1. The Balaban J connectivity index is 0.968. The van der Waals surface area contributed by atoms with Crippen LogP contribution in [0.25, 0.3) is 0 Å². The number of pyridine rings is 1. The van der Waals surface area contributed by atoms with Crippen LogP contribution in [0.1, 0.15) is 56.9 Å². The van der Waals surface area contributed by atoms with Crippen LogP contribution < -0.4 is 4.90 Å². The normalized spacial score (nSPS) is 24.1. The van der Waals surface area contributed by atoms with Gasteiger partial charge in [0.2, 0.25) is 9.84 Å². The van der Waals surface area contributed by atoms with Crippen LogP contribution in [0.2, 0.25) is 0 Å². The molecule has 3 heterocycles. The van der Waals surface area contributed by atoms with Crippen molar-refractivity contribution >= 4 is 21.5 Å². The van der Waals surface area contributed by atoms with Crippen molar-refractivity contribution in [2.45, 2.75) is 72.8 Å². The molecule has 4 fully saturated rings. The fraction of sp³-hybridized carbons (Fsp3) is 0.500. The molecule has 0 N–H and O–H groups in total. The number of sulfone groups is 1. The Hall–Kier alpha value is -3.74. The molecule has 0 spiro atoms. The van der Waals surface area contributed by atoms with Gasteiger partial charge in [-0.1, -0.05) is 42.8 Å². The van der Waals surface area contributed by atoms with E-state index in [1.54, 1.807) is 24.3 Å². The van der Waals surface area contributed by atoms with Gasteiger partial charge in [-0.2, -0.15) is 5.26 Å². The van der Waals surface area contributed by atoms with E-state index in [-0.39, 0.29) is 39.7 Å². The van der Waals surface area contributed by atoms with Crippen LogP contribution in [0.3, 0.4) is 0 Å². The van der Waals surface area contributed by atoms with Gasteiger partial charge in [-0.05, 0) is 106 Å². The predicted molar refractivity (Wildman–Crippen MR) is 179 cm³/mol. The Labute approximate surface area is 278 Å². The van der Waals surface area contributed by atoms with Gasteiger partial charge >= 0.3 is 5.97 Å². The summed E-state index contributed by atoms with van der Waals surface area (Å²) >= 11 is 0. The summed E-state index contributed by atoms with van der Waals surface area (Å²) < 4.78 is 32.0. The molecule has 3 atom stereocenters. The second kappa shape index (κ2) is 13.4. The van der Waals surface area contributed by atoms with Gasteiger partial charge in [0.15, 0.2) is 5.03 Å². The van der Waals surface area contributed by atoms with Crippen molar-refractivity contribution < 1.29 is 17.9 Å². The molecule has 0 bridgehead atoms. The summed E-state index contributed by atoms with van der Waals surface area (Å²) in [7, 11) is -3.63. The molecule has 47 heavy (non-hydrogen) atoms. The number of hydrogen-bond donors (Lipinski definition) is 0. The van der Waals surface area contributed by atoms with Crippen molar-refractivity contribution in [3.8, 4) is 6.07 Å².